The third-order valence-electron chi connectivity index (χ3n) is 5.43. The summed E-state index contributed by atoms with van der Waals surface area (Å²) in [7, 11) is 1.62. The van der Waals surface area contributed by atoms with E-state index in [1.807, 2.05) is 55.5 Å². The summed E-state index contributed by atoms with van der Waals surface area (Å²) in [5.74, 6) is 2.14. The molecule has 0 atom stereocenters. The van der Waals surface area contributed by atoms with Crippen molar-refractivity contribution in [2.45, 2.75) is 26.3 Å². The lowest BCUT2D eigenvalue weighted by Gasteiger charge is -2.30. The number of para-hydroxylation sites is 2. The van der Waals surface area contributed by atoms with Crippen molar-refractivity contribution in [3.05, 3.63) is 64.6 Å². The molecule has 4 rings (SSSR count). The van der Waals surface area contributed by atoms with Crippen LogP contribution in [0.25, 0.3) is 0 Å². The van der Waals surface area contributed by atoms with Gasteiger partial charge in [-0.1, -0.05) is 12.1 Å². The van der Waals surface area contributed by atoms with E-state index >= 15 is 0 Å². The molecule has 1 aliphatic rings. The summed E-state index contributed by atoms with van der Waals surface area (Å²) in [6.07, 6.45) is 1.73. The summed E-state index contributed by atoms with van der Waals surface area (Å²) in [6, 6.07) is 14.9. The van der Waals surface area contributed by atoms with Gasteiger partial charge in [-0.15, -0.1) is 11.3 Å². The number of methoxy groups -OCH3 is 1. The third kappa shape index (κ3) is 5.62. The second-order valence-corrected chi connectivity index (χ2v) is 8.74. The van der Waals surface area contributed by atoms with Gasteiger partial charge in [0.05, 0.1) is 17.8 Å². The molecule has 31 heavy (non-hydrogen) atoms. The van der Waals surface area contributed by atoms with Gasteiger partial charge in [-0.2, -0.15) is 0 Å². The van der Waals surface area contributed by atoms with Gasteiger partial charge < -0.3 is 14.8 Å². The molecule has 7 heteroatoms. The molecule has 1 amide bonds. The monoisotopic (exact) mass is 437 g/mol. The summed E-state index contributed by atoms with van der Waals surface area (Å²) in [5.41, 5.74) is 1.90. The smallest absolute Gasteiger partial charge is 0.227 e. The maximum atomic E-state index is 12.7. The van der Waals surface area contributed by atoms with Crippen molar-refractivity contribution in [2.24, 2.45) is 5.92 Å². The molecule has 1 aromatic heterocycles. The molecule has 6 nitrogen and oxygen atoms in total. The Kier molecular flexibility index (Phi) is 6.84. The molecular weight excluding hydrogens is 410 g/mol. The average Bonchev–Trinajstić information content (AvgIpc) is 3.20. The van der Waals surface area contributed by atoms with Crippen LogP contribution >= 0.6 is 11.3 Å². The number of piperidine rings is 1. The second-order valence-electron chi connectivity index (χ2n) is 7.67. The van der Waals surface area contributed by atoms with Crippen LogP contribution in [0.15, 0.2) is 53.9 Å². The van der Waals surface area contributed by atoms with E-state index in [0.29, 0.717) is 17.2 Å². The van der Waals surface area contributed by atoms with E-state index in [4.69, 9.17) is 9.47 Å². The first-order chi connectivity index (χ1) is 15.1. The van der Waals surface area contributed by atoms with Gasteiger partial charge in [-0.05, 0) is 69.3 Å². The van der Waals surface area contributed by atoms with E-state index in [1.165, 1.54) is 0 Å². The van der Waals surface area contributed by atoms with E-state index in [0.717, 1.165) is 48.9 Å². The van der Waals surface area contributed by atoms with Crippen LogP contribution in [0.4, 0.5) is 5.69 Å². The average molecular weight is 438 g/mol. The highest BCUT2D eigenvalue weighted by molar-refractivity contribution is 7.09. The predicted molar refractivity (Wildman–Crippen MR) is 123 cm³/mol. The molecule has 162 valence electrons. The van der Waals surface area contributed by atoms with Crippen molar-refractivity contribution in [3.63, 3.8) is 0 Å². The van der Waals surface area contributed by atoms with Crippen LogP contribution in [-0.2, 0) is 11.3 Å². The maximum absolute atomic E-state index is 12.7. The standard InChI is InChI=1S/C24H27N3O3S/c1-17-25-20(16-31-17)15-27-13-11-18(12-14-27)24(28)26-19-7-9-21(10-8-19)30-23-6-4-3-5-22(23)29-2/h3-10,16,18H,11-15H2,1-2H3,(H,26,28). The number of anilines is 1. The summed E-state index contributed by atoms with van der Waals surface area (Å²) < 4.78 is 11.2. The van der Waals surface area contributed by atoms with Crippen molar-refractivity contribution in [1.82, 2.24) is 9.88 Å². The minimum Gasteiger partial charge on any atom is -0.493 e. The van der Waals surface area contributed by atoms with E-state index in [1.54, 1.807) is 18.4 Å². The maximum Gasteiger partial charge on any atom is 0.227 e. The van der Waals surface area contributed by atoms with Crippen LogP contribution in [0.1, 0.15) is 23.5 Å². The highest BCUT2D eigenvalue weighted by Gasteiger charge is 2.25. The van der Waals surface area contributed by atoms with Crippen LogP contribution in [0, 0.1) is 12.8 Å². The number of nitrogens with one attached hydrogen (secondary N) is 1. The Morgan fingerprint density at radius 3 is 2.48 bits per heavy atom. The normalized spacial score (nSPS) is 14.9. The molecule has 3 aromatic rings. The number of ether oxygens (including phenoxy) is 2. The number of aryl methyl sites for hydroxylation is 1. The number of hydrogen-bond acceptors (Lipinski definition) is 6. The number of rotatable bonds is 7. The zero-order valence-electron chi connectivity index (χ0n) is 17.8. The molecule has 1 aliphatic heterocycles. The molecule has 0 unspecified atom stereocenters. The molecule has 0 saturated carbocycles. The summed E-state index contributed by atoms with van der Waals surface area (Å²) >= 11 is 1.69. The van der Waals surface area contributed by atoms with Gasteiger partial charge in [-0.25, -0.2) is 4.98 Å². The van der Waals surface area contributed by atoms with Crippen molar-refractivity contribution >= 4 is 22.9 Å². The molecule has 1 N–H and O–H groups in total. The Morgan fingerprint density at radius 1 is 1.13 bits per heavy atom. The highest BCUT2D eigenvalue weighted by Crippen LogP contribution is 2.31. The SMILES string of the molecule is COc1ccccc1Oc1ccc(NC(=O)C2CCN(Cc3csc(C)n3)CC2)cc1. The molecule has 0 aliphatic carbocycles. The summed E-state index contributed by atoms with van der Waals surface area (Å²) in [6.45, 7) is 4.73. The van der Waals surface area contributed by atoms with Crippen molar-refractivity contribution in [1.29, 1.82) is 0 Å². The number of nitrogens with zero attached hydrogens (tertiary/aromatic N) is 2. The van der Waals surface area contributed by atoms with Crippen LogP contribution in [0.5, 0.6) is 17.2 Å². The van der Waals surface area contributed by atoms with Crippen molar-refractivity contribution in [3.8, 4) is 17.2 Å². The number of aromatic nitrogens is 1. The first-order valence-corrected chi connectivity index (χ1v) is 11.3. The van der Waals surface area contributed by atoms with Crippen LogP contribution < -0.4 is 14.8 Å². The fourth-order valence-electron chi connectivity index (χ4n) is 3.74. The Bertz CT molecular complexity index is 1010. The number of thiazole rings is 1. The Hall–Kier alpha value is -2.90. The van der Waals surface area contributed by atoms with E-state index in [-0.39, 0.29) is 11.8 Å². The van der Waals surface area contributed by atoms with E-state index in [2.05, 4.69) is 20.6 Å². The number of benzene rings is 2. The summed E-state index contributed by atoms with van der Waals surface area (Å²) in [5, 5.41) is 6.27. The molecular formula is C24H27N3O3S. The molecule has 0 radical (unpaired) electrons. The van der Waals surface area contributed by atoms with Gasteiger partial charge in [0.15, 0.2) is 11.5 Å². The van der Waals surface area contributed by atoms with Gasteiger partial charge in [0.1, 0.15) is 5.75 Å². The molecule has 0 bridgehead atoms. The predicted octanol–water partition coefficient (Wildman–Crippen LogP) is 5.10. The highest BCUT2D eigenvalue weighted by atomic mass is 32.1. The molecule has 2 heterocycles. The Morgan fingerprint density at radius 2 is 1.84 bits per heavy atom. The molecule has 2 aromatic carbocycles. The zero-order chi connectivity index (χ0) is 21.6. The van der Waals surface area contributed by atoms with Crippen LogP contribution in [0.2, 0.25) is 0 Å². The number of carbonyl (C=O) groups is 1. The van der Waals surface area contributed by atoms with Crippen molar-refractivity contribution < 1.29 is 14.3 Å². The lowest BCUT2D eigenvalue weighted by Crippen LogP contribution is -2.37. The van der Waals surface area contributed by atoms with Gasteiger partial charge in [0.25, 0.3) is 0 Å². The van der Waals surface area contributed by atoms with Crippen LogP contribution in [-0.4, -0.2) is 36.0 Å². The number of carbonyl (C=O) groups excluding carboxylic acids is 1. The fourth-order valence-corrected chi connectivity index (χ4v) is 4.35. The quantitative estimate of drug-likeness (QED) is 0.557. The van der Waals surface area contributed by atoms with E-state index < -0.39 is 0 Å². The molecule has 0 spiro atoms. The van der Waals surface area contributed by atoms with Gasteiger partial charge in [0, 0.05) is 23.5 Å². The Balaban J connectivity index is 1.27. The third-order valence-corrected chi connectivity index (χ3v) is 6.25. The van der Waals surface area contributed by atoms with Crippen LogP contribution in [0.3, 0.4) is 0 Å². The van der Waals surface area contributed by atoms with E-state index in [9.17, 15) is 4.79 Å². The topological polar surface area (TPSA) is 63.7 Å². The molecule has 1 fully saturated rings. The zero-order valence-corrected chi connectivity index (χ0v) is 18.7. The number of likely N-dealkylation sites (tertiary alicyclic amines) is 1. The van der Waals surface area contributed by atoms with Crippen molar-refractivity contribution in [2.75, 3.05) is 25.5 Å². The van der Waals surface area contributed by atoms with Gasteiger partial charge in [0.2, 0.25) is 5.91 Å². The lowest BCUT2D eigenvalue weighted by molar-refractivity contribution is -0.121. The van der Waals surface area contributed by atoms with Gasteiger partial charge in [-0.3, -0.25) is 9.69 Å². The number of amides is 1. The first-order valence-electron chi connectivity index (χ1n) is 10.5. The number of hydrogen-bond donors (Lipinski definition) is 1. The second kappa shape index (κ2) is 9.94. The minimum absolute atomic E-state index is 0.0397. The summed E-state index contributed by atoms with van der Waals surface area (Å²) in [4.78, 5) is 19.6. The largest absolute Gasteiger partial charge is 0.493 e. The lowest BCUT2D eigenvalue weighted by atomic mass is 9.95. The first kappa shape index (κ1) is 21.3. The minimum atomic E-state index is 0.0397. The Labute approximate surface area is 186 Å². The molecule has 1 saturated heterocycles. The van der Waals surface area contributed by atoms with Gasteiger partial charge >= 0.3 is 0 Å². The fraction of sp³-hybridized carbons (Fsp3) is 0.333.